The van der Waals surface area contributed by atoms with Crippen molar-refractivity contribution < 1.29 is 14.0 Å². The molecule has 2 fully saturated rings. The van der Waals surface area contributed by atoms with Gasteiger partial charge in [-0.25, -0.2) is 0 Å². The minimum absolute atomic E-state index is 0.119. The van der Waals surface area contributed by atoms with Crippen LogP contribution in [-0.2, 0) is 17.8 Å². The van der Waals surface area contributed by atoms with Crippen molar-refractivity contribution in [3.63, 3.8) is 0 Å². The predicted octanol–water partition coefficient (Wildman–Crippen LogP) is 7.83. The molecule has 1 aromatic heterocycles. The average molecular weight is 679 g/mol. The number of halogens is 3. The molecular formula is C36H34Cl3N3O4. The van der Waals surface area contributed by atoms with E-state index in [1.54, 1.807) is 0 Å². The molecular weight excluding hydrogens is 645 g/mol. The van der Waals surface area contributed by atoms with Gasteiger partial charge in [0.1, 0.15) is 0 Å². The van der Waals surface area contributed by atoms with Gasteiger partial charge in [-0.1, -0.05) is 76.8 Å². The monoisotopic (exact) mass is 677 g/mol. The number of likely N-dealkylation sites (tertiary alicyclic amines) is 1. The Labute approximate surface area is 282 Å². The van der Waals surface area contributed by atoms with Gasteiger partial charge in [0, 0.05) is 54.4 Å². The van der Waals surface area contributed by atoms with Crippen molar-refractivity contribution in [1.82, 2.24) is 10.2 Å². The third-order valence-corrected chi connectivity index (χ3v) is 9.37. The van der Waals surface area contributed by atoms with Crippen LogP contribution in [0.4, 0.5) is 5.69 Å². The maximum absolute atomic E-state index is 13.5. The molecule has 4 aromatic rings. The summed E-state index contributed by atoms with van der Waals surface area (Å²) in [5.74, 6) is -0.409. The zero-order valence-electron chi connectivity index (χ0n) is 25.2. The highest BCUT2D eigenvalue weighted by atomic mass is 35.5. The fraction of sp³-hybridized carbons (Fsp3) is 0.306. The van der Waals surface area contributed by atoms with E-state index in [0.29, 0.717) is 29.4 Å². The molecule has 2 aliphatic heterocycles. The highest BCUT2D eigenvalue weighted by molar-refractivity contribution is 6.38. The summed E-state index contributed by atoms with van der Waals surface area (Å²) in [5.41, 5.74) is 4.28. The van der Waals surface area contributed by atoms with E-state index in [1.807, 2.05) is 41.3 Å². The molecule has 0 radical (unpaired) electrons. The quantitative estimate of drug-likeness (QED) is 0.192. The van der Waals surface area contributed by atoms with Crippen LogP contribution in [0.25, 0.3) is 11.0 Å². The Morgan fingerprint density at radius 1 is 0.891 bits per heavy atom. The Bertz CT molecular complexity index is 1840. The number of nitrogens with zero attached hydrogens (tertiary/aromatic N) is 2. The molecule has 0 saturated carbocycles. The lowest BCUT2D eigenvalue weighted by Gasteiger charge is -2.34. The van der Waals surface area contributed by atoms with Crippen LogP contribution in [0.1, 0.15) is 53.8 Å². The Morgan fingerprint density at radius 3 is 2.41 bits per heavy atom. The molecule has 1 unspecified atom stereocenters. The summed E-state index contributed by atoms with van der Waals surface area (Å²) in [7, 11) is 0. The molecule has 0 bridgehead atoms. The van der Waals surface area contributed by atoms with Gasteiger partial charge in [0.2, 0.25) is 5.91 Å². The minimum Gasteiger partial charge on any atom is -0.449 e. The number of anilines is 1. The van der Waals surface area contributed by atoms with Crippen LogP contribution >= 0.6 is 34.8 Å². The smallest absolute Gasteiger partial charge is 0.287 e. The van der Waals surface area contributed by atoms with Gasteiger partial charge in [0.25, 0.3) is 5.91 Å². The number of fused-ring (bicyclic) bond motifs is 1. The van der Waals surface area contributed by atoms with E-state index in [2.05, 4.69) is 28.4 Å². The number of rotatable bonds is 8. The number of piperidine rings is 2. The number of carbonyl (C=O) groups is 2. The summed E-state index contributed by atoms with van der Waals surface area (Å²) in [6.45, 7) is 3.08. The average Bonchev–Trinajstić information content (AvgIpc) is 3.04. The lowest BCUT2D eigenvalue weighted by Crippen LogP contribution is -2.37. The molecule has 2 saturated heterocycles. The van der Waals surface area contributed by atoms with Crippen LogP contribution in [0.15, 0.2) is 87.6 Å². The van der Waals surface area contributed by atoms with Crippen molar-refractivity contribution in [3.05, 3.63) is 121 Å². The highest BCUT2D eigenvalue weighted by Gasteiger charge is 2.23. The summed E-state index contributed by atoms with van der Waals surface area (Å²) in [6.07, 6.45) is 6.94. The van der Waals surface area contributed by atoms with E-state index in [0.717, 1.165) is 62.1 Å². The first-order valence-corrected chi connectivity index (χ1v) is 16.7. The summed E-state index contributed by atoms with van der Waals surface area (Å²) >= 11 is 18.5. The third-order valence-electron chi connectivity index (χ3n) is 8.61. The topological polar surface area (TPSA) is 82.9 Å². The van der Waals surface area contributed by atoms with Crippen molar-refractivity contribution in [2.75, 3.05) is 24.5 Å². The van der Waals surface area contributed by atoms with Gasteiger partial charge in [-0.05, 0) is 73.6 Å². The van der Waals surface area contributed by atoms with E-state index in [-0.39, 0.29) is 33.7 Å². The van der Waals surface area contributed by atoms with Crippen LogP contribution in [0.5, 0.6) is 0 Å². The number of nitrogens with one attached hydrogen (secondary N) is 1. The SMILES string of the molecule is O=C(NC(C=C1CCN(c2ccccc2CN2CCCCC2=O)CC1)Cc1ccc(Cl)cc1)c1cc(=O)c2cc(Cl)cc(Cl)c2o1. The molecule has 2 amide bonds. The first kappa shape index (κ1) is 32.2. The van der Waals surface area contributed by atoms with E-state index < -0.39 is 11.3 Å². The molecule has 3 heterocycles. The number of benzene rings is 3. The molecule has 0 aliphatic carbocycles. The minimum atomic E-state index is -0.514. The number of para-hydroxylation sites is 1. The molecule has 238 valence electrons. The fourth-order valence-electron chi connectivity index (χ4n) is 6.23. The van der Waals surface area contributed by atoms with Crippen molar-refractivity contribution in [2.24, 2.45) is 0 Å². The Balaban J connectivity index is 1.20. The first-order chi connectivity index (χ1) is 22.2. The summed E-state index contributed by atoms with van der Waals surface area (Å²) in [4.78, 5) is 43.1. The molecule has 2 aliphatic rings. The second-order valence-electron chi connectivity index (χ2n) is 11.9. The molecule has 0 spiro atoms. The largest absolute Gasteiger partial charge is 0.449 e. The Hall–Kier alpha value is -3.78. The van der Waals surface area contributed by atoms with Gasteiger partial charge in [-0.15, -0.1) is 0 Å². The molecule has 1 atom stereocenters. The van der Waals surface area contributed by atoms with Crippen LogP contribution in [0.3, 0.4) is 0 Å². The van der Waals surface area contributed by atoms with Gasteiger partial charge in [-0.2, -0.15) is 0 Å². The summed E-state index contributed by atoms with van der Waals surface area (Å²) in [6, 6.07) is 19.6. The van der Waals surface area contributed by atoms with Crippen molar-refractivity contribution in [2.45, 2.75) is 51.1 Å². The Kier molecular flexibility index (Phi) is 10.0. The molecule has 10 heteroatoms. The number of carbonyl (C=O) groups excluding carboxylic acids is 2. The number of hydrogen-bond acceptors (Lipinski definition) is 5. The van der Waals surface area contributed by atoms with Crippen LogP contribution in [-0.4, -0.2) is 42.4 Å². The normalized spacial score (nSPS) is 16.1. The van der Waals surface area contributed by atoms with Gasteiger partial charge in [0.15, 0.2) is 16.8 Å². The maximum Gasteiger partial charge on any atom is 0.287 e. The zero-order chi connectivity index (χ0) is 32.2. The molecule has 1 N–H and O–H groups in total. The maximum atomic E-state index is 13.5. The zero-order valence-corrected chi connectivity index (χ0v) is 27.5. The standard InChI is InChI=1S/C36H34Cl3N3O4/c37-26-10-8-23(9-11-26)17-28(40-36(45)33-21-32(43)29-19-27(38)20-30(39)35(29)46-33)18-24-12-15-41(16-13-24)31-6-2-1-5-25(31)22-42-14-4-3-7-34(42)44/h1-2,5-6,8-11,18-21,28H,3-4,7,12-17,22H2,(H,40,45). The molecule has 6 rings (SSSR count). The van der Waals surface area contributed by atoms with Crippen molar-refractivity contribution in [3.8, 4) is 0 Å². The van der Waals surface area contributed by atoms with Crippen molar-refractivity contribution in [1.29, 1.82) is 0 Å². The van der Waals surface area contributed by atoms with Gasteiger partial charge < -0.3 is 19.5 Å². The highest BCUT2D eigenvalue weighted by Crippen LogP contribution is 2.29. The number of hydrogen-bond donors (Lipinski definition) is 1. The van der Waals surface area contributed by atoms with Crippen LogP contribution < -0.4 is 15.6 Å². The second kappa shape index (κ2) is 14.3. The van der Waals surface area contributed by atoms with Crippen molar-refractivity contribution >= 4 is 63.3 Å². The van der Waals surface area contributed by atoms with E-state index in [9.17, 15) is 14.4 Å². The number of amides is 2. The molecule has 46 heavy (non-hydrogen) atoms. The lowest BCUT2D eigenvalue weighted by molar-refractivity contribution is -0.133. The van der Waals surface area contributed by atoms with Gasteiger partial charge in [0.05, 0.1) is 16.5 Å². The first-order valence-electron chi connectivity index (χ1n) is 15.5. The van der Waals surface area contributed by atoms with E-state index in [1.165, 1.54) is 23.8 Å². The van der Waals surface area contributed by atoms with Crippen LogP contribution in [0, 0.1) is 0 Å². The third kappa shape index (κ3) is 7.60. The summed E-state index contributed by atoms with van der Waals surface area (Å²) < 4.78 is 5.81. The fourth-order valence-corrected chi connectivity index (χ4v) is 6.89. The van der Waals surface area contributed by atoms with E-state index in [4.69, 9.17) is 39.2 Å². The summed E-state index contributed by atoms with van der Waals surface area (Å²) in [5, 5.41) is 4.38. The van der Waals surface area contributed by atoms with Gasteiger partial charge >= 0.3 is 0 Å². The lowest BCUT2D eigenvalue weighted by atomic mass is 9.97. The molecule has 3 aromatic carbocycles. The van der Waals surface area contributed by atoms with Crippen LogP contribution in [0.2, 0.25) is 15.1 Å². The predicted molar refractivity (Wildman–Crippen MR) is 184 cm³/mol. The van der Waals surface area contributed by atoms with Gasteiger partial charge in [-0.3, -0.25) is 14.4 Å². The Morgan fingerprint density at radius 2 is 1.65 bits per heavy atom. The second-order valence-corrected chi connectivity index (χ2v) is 13.1. The van der Waals surface area contributed by atoms with E-state index >= 15 is 0 Å². The molecule has 7 nitrogen and oxygen atoms in total.